The molecule has 3 aromatic carbocycles. The van der Waals surface area contributed by atoms with Gasteiger partial charge in [-0.25, -0.2) is 9.97 Å². The summed E-state index contributed by atoms with van der Waals surface area (Å²) >= 11 is 0. The van der Waals surface area contributed by atoms with Crippen LogP contribution in [0.3, 0.4) is 0 Å². The van der Waals surface area contributed by atoms with Gasteiger partial charge in [0.1, 0.15) is 17.1 Å². The number of rotatable bonds is 9. The van der Waals surface area contributed by atoms with Crippen LogP contribution in [0.5, 0.6) is 0 Å². The predicted molar refractivity (Wildman–Crippen MR) is 203 cm³/mol. The van der Waals surface area contributed by atoms with Crippen LogP contribution in [0.1, 0.15) is 47.6 Å². The lowest BCUT2D eigenvalue weighted by Crippen LogP contribution is -2.31. The van der Waals surface area contributed by atoms with Gasteiger partial charge in [-0.15, -0.1) is 0 Å². The smallest absolute Gasteiger partial charge is 0.310 e. The number of oxazole rings is 1. The number of benzene rings is 3. The van der Waals surface area contributed by atoms with E-state index in [1.54, 1.807) is 6.20 Å². The van der Waals surface area contributed by atoms with E-state index in [9.17, 15) is 20.3 Å². The average Bonchev–Trinajstić information content (AvgIpc) is 3.87. The Morgan fingerprint density at radius 1 is 1.00 bits per heavy atom. The lowest BCUT2D eigenvalue weighted by Gasteiger charge is -2.20. The number of pyridine rings is 2. The summed E-state index contributed by atoms with van der Waals surface area (Å²) in [5.41, 5.74) is 9.48. The fourth-order valence-corrected chi connectivity index (χ4v) is 7.85. The van der Waals surface area contributed by atoms with E-state index in [4.69, 9.17) is 14.4 Å². The third kappa shape index (κ3) is 6.61. The number of carboxylic acids is 1. The first-order chi connectivity index (χ1) is 25.6. The van der Waals surface area contributed by atoms with Crippen LogP contribution in [-0.2, 0) is 17.9 Å². The molecule has 3 aromatic heterocycles. The molecule has 2 fully saturated rings. The van der Waals surface area contributed by atoms with Crippen molar-refractivity contribution in [2.45, 2.75) is 52.8 Å². The molecule has 0 spiro atoms. The number of aliphatic hydroxyl groups is 1. The second-order valence-corrected chi connectivity index (χ2v) is 14.8. The van der Waals surface area contributed by atoms with E-state index in [-0.39, 0.29) is 6.10 Å². The normalized spacial score (nSPS) is 19.3. The monoisotopic (exact) mass is 707 g/mol. The van der Waals surface area contributed by atoms with Gasteiger partial charge in [-0.3, -0.25) is 19.6 Å². The van der Waals surface area contributed by atoms with E-state index < -0.39 is 11.4 Å². The number of carboxylic acid groups (broad SMARTS) is 1. The summed E-state index contributed by atoms with van der Waals surface area (Å²) in [6.07, 6.45) is 4.72. The Labute approximate surface area is 307 Å². The maximum Gasteiger partial charge on any atom is 0.310 e. The molecule has 2 saturated heterocycles. The van der Waals surface area contributed by atoms with Gasteiger partial charge in [-0.1, -0.05) is 24.3 Å². The molecule has 0 aliphatic carbocycles. The highest BCUT2D eigenvalue weighted by molar-refractivity contribution is 5.91. The van der Waals surface area contributed by atoms with Gasteiger partial charge in [-0.2, -0.15) is 5.26 Å². The number of aliphatic hydroxyl groups excluding tert-OH is 1. The fourth-order valence-electron chi connectivity index (χ4n) is 7.85. The summed E-state index contributed by atoms with van der Waals surface area (Å²) in [5.74, 6) is 0.367. The fraction of sp³-hybridized carbons (Fsp3) is 0.310. The minimum Gasteiger partial charge on any atom is -0.481 e. The molecule has 2 aliphatic heterocycles. The van der Waals surface area contributed by atoms with Crippen molar-refractivity contribution in [2.75, 3.05) is 31.5 Å². The number of likely N-dealkylation sites (tertiary alicyclic amines) is 2. The number of hydrogen-bond donors (Lipinski definition) is 3. The number of fused-ring (bicyclic) bond motifs is 2. The van der Waals surface area contributed by atoms with Gasteiger partial charge in [0.05, 0.1) is 17.1 Å². The van der Waals surface area contributed by atoms with Crippen LogP contribution < -0.4 is 5.32 Å². The van der Waals surface area contributed by atoms with E-state index in [1.165, 1.54) is 0 Å². The average molecular weight is 708 g/mol. The highest BCUT2D eigenvalue weighted by Gasteiger charge is 2.40. The molecule has 3 N–H and O–H groups in total. The lowest BCUT2D eigenvalue weighted by atomic mass is 9.90. The zero-order chi connectivity index (χ0) is 36.9. The second-order valence-electron chi connectivity index (χ2n) is 14.8. The highest BCUT2D eigenvalue weighted by Crippen LogP contribution is 2.38. The van der Waals surface area contributed by atoms with Crippen molar-refractivity contribution < 1.29 is 19.4 Å². The Morgan fingerprint density at radius 3 is 2.53 bits per heavy atom. The summed E-state index contributed by atoms with van der Waals surface area (Å²) in [4.78, 5) is 30.4. The van der Waals surface area contributed by atoms with Crippen molar-refractivity contribution in [3.63, 3.8) is 0 Å². The molecule has 0 radical (unpaired) electrons. The van der Waals surface area contributed by atoms with Gasteiger partial charge in [0.15, 0.2) is 11.4 Å². The molecule has 2 atom stereocenters. The van der Waals surface area contributed by atoms with Crippen molar-refractivity contribution in [1.82, 2.24) is 24.8 Å². The molecule has 0 saturated carbocycles. The number of nitrogens with zero attached hydrogens (tertiary/aromatic N) is 6. The van der Waals surface area contributed by atoms with Crippen molar-refractivity contribution in [2.24, 2.45) is 5.41 Å². The van der Waals surface area contributed by atoms with E-state index in [0.717, 1.165) is 75.0 Å². The van der Waals surface area contributed by atoms with Crippen LogP contribution in [0.4, 0.5) is 11.5 Å². The van der Waals surface area contributed by atoms with Gasteiger partial charge in [-0.05, 0) is 110 Å². The van der Waals surface area contributed by atoms with Crippen molar-refractivity contribution >= 4 is 39.5 Å². The van der Waals surface area contributed by atoms with Crippen LogP contribution in [0.2, 0.25) is 0 Å². The largest absolute Gasteiger partial charge is 0.481 e. The standard InChI is InChI=1S/C42H41N7O4/c1-25-32(6-4-8-34(25)40-47-36-18-27(16-30(19-43)38(36)53-40)21-48-14-11-31(50)23-48)33-7-5-9-35(26(33)2)46-39-37-29(10-13-44-39)17-28(20-45-37)22-49-15-12-42(3,24-49)41(51)52/h4-10,13,16-18,20,31,50H,11-12,14-15,21-24H2,1-3H3,(H,44,46)(H,51,52)/t31-,42-/m1/s1. The Hall–Kier alpha value is -5.67. The maximum atomic E-state index is 11.7. The second kappa shape index (κ2) is 13.7. The molecular weight excluding hydrogens is 667 g/mol. The van der Waals surface area contributed by atoms with Gasteiger partial charge >= 0.3 is 5.97 Å². The zero-order valence-corrected chi connectivity index (χ0v) is 30.1. The van der Waals surface area contributed by atoms with Gasteiger partial charge < -0.3 is 19.9 Å². The molecule has 53 heavy (non-hydrogen) atoms. The molecule has 0 unspecified atom stereocenters. The Bertz CT molecular complexity index is 2440. The Morgan fingerprint density at radius 2 is 1.77 bits per heavy atom. The summed E-state index contributed by atoms with van der Waals surface area (Å²) in [7, 11) is 0. The molecule has 8 rings (SSSR count). The van der Waals surface area contributed by atoms with E-state index >= 15 is 0 Å². The minimum absolute atomic E-state index is 0.309. The van der Waals surface area contributed by atoms with E-state index in [2.05, 4.69) is 58.2 Å². The molecule has 268 valence electrons. The predicted octanol–water partition coefficient (Wildman–Crippen LogP) is 7.20. The van der Waals surface area contributed by atoms with Crippen LogP contribution >= 0.6 is 0 Å². The number of nitrogens with one attached hydrogen (secondary N) is 1. The van der Waals surface area contributed by atoms with Gasteiger partial charge in [0.2, 0.25) is 5.89 Å². The SMILES string of the molecule is Cc1c(Nc2nccc3cc(CN4CC[C@@](C)(C(=O)O)C4)cnc23)cccc1-c1cccc(-c2nc3cc(CN4CC[C@@H](O)C4)cc(C#N)c3o2)c1C. The number of nitriles is 1. The van der Waals surface area contributed by atoms with E-state index in [0.29, 0.717) is 61.0 Å². The minimum atomic E-state index is -0.746. The van der Waals surface area contributed by atoms with Crippen molar-refractivity contribution in [1.29, 1.82) is 5.26 Å². The summed E-state index contributed by atoms with van der Waals surface area (Å²) < 4.78 is 6.29. The molecule has 11 heteroatoms. The molecule has 6 aromatic rings. The zero-order valence-electron chi connectivity index (χ0n) is 30.1. The first-order valence-corrected chi connectivity index (χ1v) is 18.0. The Balaban J connectivity index is 1.06. The summed E-state index contributed by atoms with van der Waals surface area (Å²) in [6, 6.07) is 22.4. The third-order valence-electron chi connectivity index (χ3n) is 10.9. The summed E-state index contributed by atoms with van der Waals surface area (Å²) in [5, 5.41) is 34.1. The molecule has 5 heterocycles. The molecule has 0 bridgehead atoms. The van der Waals surface area contributed by atoms with Gasteiger partial charge in [0.25, 0.3) is 0 Å². The number of carbonyl (C=O) groups is 1. The quantitative estimate of drug-likeness (QED) is 0.140. The molecular formula is C42H41N7O4. The maximum absolute atomic E-state index is 11.7. The first kappa shape index (κ1) is 34.4. The molecule has 11 nitrogen and oxygen atoms in total. The van der Waals surface area contributed by atoms with Crippen LogP contribution in [-0.4, -0.2) is 73.2 Å². The van der Waals surface area contributed by atoms with Crippen molar-refractivity contribution in [3.05, 3.63) is 101 Å². The first-order valence-electron chi connectivity index (χ1n) is 18.0. The number of hydrogen-bond acceptors (Lipinski definition) is 10. The highest BCUT2D eigenvalue weighted by atomic mass is 16.4. The van der Waals surface area contributed by atoms with Crippen LogP contribution in [0, 0.1) is 30.6 Å². The number of anilines is 2. The van der Waals surface area contributed by atoms with Crippen molar-refractivity contribution in [3.8, 4) is 28.7 Å². The topological polar surface area (TPSA) is 152 Å². The number of aliphatic carboxylic acids is 1. The Kier molecular flexibility index (Phi) is 8.90. The van der Waals surface area contributed by atoms with Crippen LogP contribution in [0.15, 0.2) is 77.5 Å². The molecule has 0 amide bonds. The lowest BCUT2D eigenvalue weighted by molar-refractivity contribution is -0.147. The summed E-state index contributed by atoms with van der Waals surface area (Å²) in [6.45, 7) is 9.95. The third-order valence-corrected chi connectivity index (χ3v) is 10.9. The number of aromatic nitrogens is 3. The van der Waals surface area contributed by atoms with Crippen LogP contribution in [0.25, 0.3) is 44.6 Å². The van der Waals surface area contributed by atoms with Gasteiger partial charge in [0, 0.05) is 61.8 Å². The number of β-amino-alcohol motifs (C(OH)–C–C–N with tert-alkyl or cyclic N) is 1. The molecule has 2 aliphatic rings. The van der Waals surface area contributed by atoms with E-state index in [1.807, 2.05) is 55.6 Å².